The minimum Gasteiger partial charge on any atom is -0.285 e. The number of nitrogens with zero attached hydrogens (tertiary/aromatic N) is 3. The normalized spacial score (nSPS) is 12.3. The number of nitro groups is 1. The lowest BCUT2D eigenvalue weighted by Crippen LogP contribution is -2.21. The van der Waals surface area contributed by atoms with Crippen LogP contribution in [0.5, 0.6) is 0 Å². The number of nitro benzene ring substituents is 1. The molecule has 1 aliphatic heterocycles. The molecule has 8 heteroatoms. The minimum atomic E-state index is -0.597. The molecule has 0 radical (unpaired) electrons. The highest BCUT2D eigenvalue weighted by Gasteiger charge is 2.32. The molecular formula is C15H6ClN3O4. The third-order valence-corrected chi connectivity index (χ3v) is 4.04. The number of halogens is 1. The van der Waals surface area contributed by atoms with Crippen LogP contribution in [0.4, 0.5) is 5.69 Å². The van der Waals surface area contributed by atoms with Gasteiger partial charge in [0.05, 0.1) is 32.1 Å². The zero-order valence-corrected chi connectivity index (χ0v) is 12.1. The van der Waals surface area contributed by atoms with Gasteiger partial charge in [-0.05, 0) is 18.2 Å². The molecule has 0 amide bonds. The number of aromatic nitrogens is 2. The van der Waals surface area contributed by atoms with Crippen LogP contribution in [-0.2, 0) is 0 Å². The number of carbonyl (C=O) groups excluding carboxylic acids is 1. The van der Waals surface area contributed by atoms with Gasteiger partial charge in [0.1, 0.15) is 0 Å². The number of hydrogen-bond acceptors (Lipinski definition) is 5. The maximum atomic E-state index is 12.7. The Balaban J connectivity index is 2.12. The van der Waals surface area contributed by atoms with Crippen LogP contribution in [-0.4, -0.2) is 20.3 Å². The second-order valence-corrected chi connectivity index (χ2v) is 5.40. The van der Waals surface area contributed by atoms with Gasteiger partial charge in [0.25, 0.3) is 11.2 Å². The number of ketones is 1. The molecule has 2 aromatic carbocycles. The molecule has 0 fully saturated rings. The van der Waals surface area contributed by atoms with Crippen molar-refractivity contribution >= 4 is 34.0 Å². The second-order valence-electron chi connectivity index (χ2n) is 5.00. The average Bonchev–Trinajstić information content (AvgIpc) is 2.80. The van der Waals surface area contributed by atoms with Gasteiger partial charge in [-0.25, -0.2) is 4.98 Å². The lowest BCUT2D eigenvalue weighted by atomic mass is 10.1. The summed E-state index contributed by atoms with van der Waals surface area (Å²) in [7, 11) is 0. The van der Waals surface area contributed by atoms with Gasteiger partial charge in [-0.3, -0.25) is 24.3 Å². The molecule has 0 bridgehead atoms. The molecule has 4 rings (SSSR count). The maximum Gasteiger partial charge on any atom is 0.270 e. The largest absolute Gasteiger partial charge is 0.285 e. The molecule has 112 valence electrons. The summed E-state index contributed by atoms with van der Waals surface area (Å²) < 4.78 is 1.15. The van der Waals surface area contributed by atoms with Crippen molar-refractivity contribution in [3.63, 3.8) is 0 Å². The molecule has 0 unspecified atom stereocenters. The Morgan fingerprint density at radius 2 is 1.96 bits per heavy atom. The topological polar surface area (TPSA) is 95.1 Å². The maximum absolute atomic E-state index is 12.7. The minimum absolute atomic E-state index is 0.0692. The monoisotopic (exact) mass is 327 g/mol. The second kappa shape index (κ2) is 4.47. The standard InChI is InChI=1S/C15H6ClN3O4/c16-9-2-1-3-10-12(9)15(21)18-11-5-4-7(19(22)23)6-8(11)13(20)14(18)17-10/h1-6H. The zero-order chi connectivity index (χ0) is 16.3. The Labute approximate surface area is 132 Å². The van der Waals surface area contributed by atoms with Crippen LogP contribution in [0.25, 0.3) is 16.6 Å². The summed E-state index contributed by atoms with van der Waals surface area (Å²) >= 11 is 6.07. The van der Waals surface area contributed by atoms with Crippen molar-refractivity contribution < 1.29 is 9.72 Å². The van der Waals surface area contributed by atoms with Crippen LogP contribution in [0.2, 0.25) is 5.02 Å². The Morgan fingerprint density at radius 1 is 1.17 bits per heavy atom. The fourth-order valence-electron chi connectivity index (χ4n) is 2.70. The Bertz CT molecular complexity index is 1100. The van der Waals surface area contributed by atoms with E-state index >= 15 is 0 Å². The molecule has 7 nitrogen and oxygen atoms in total. The third-order valence-electron chi connectivity index (χ3n) is 3.73. The van der Waals surface area contributed by atoms with E-state index in [0.29, 0.717) is 5.52 Å². The molecule has 0 N–H and O–H groups in total. The van der Waals surface area contributed by atoms with Crippen LogP contribution >= 0.6 is 11.6 Å². The van der Waals surface area contributed by atoms with E-state index in [2.05, 4.69) is 4.98 Å². The van der Waals surface area contributed by atoms with E-state index in [1.807, 2.05) is 0 Å². The van der Waals surface area contributed by atoms with Crippen molar-refractivity contribution in [1.82, 2.24) is 9.55 Å². The first-order valence-corrected chi connectivity index (χ1v) is 6.91. The van der Waals surface area contributed by atoms with Gasteiger partial charge in [0.2, 0.25) is 5.78 Å². The summed E-state index contributed by atoms with van der Waals surface area (Å²) in [5.74, 6) is -0.594. The third kappa shape index (κ3) is 1.74. The number of rotatable bonds is 1. The highest BCUT2D eigenvalue weighted by atomic mass is 35.5. The fourth-order valence-corrected chi connectivity index (χ4v) is 2.95. The SMILES string of the molecule is O=C1c2cc([N+](=O)[O-])ccc2-n2c1nc1cccc(Cl)c1c2=O. The predicted molar refractivity (Wildman–Crippen MR) is 82.4 cm³/mol. The van der Waals surface area contributed by atoms with Crippen molar-refractivity contribution in [3.8, 4) is 5.69 Å². The van der Waals surface area contributed by atoms with E-state index in [9.17, 15) is 19.7 Å². The molecule has 2 heterocycles. The van der Waals surface area contributed by atoms with Gasteiger partial charge in [-0.15, -0.1) is 0 Å². The number of non-ortho nitro benzene ring substituents is 1. The van der Waals surface area contributed by atoms with Gasteiger partial charge in [0.15, 0.2) is 5.82 Å². The summed E-state index contributed by atoms with van der Waals surface area (Å²) in [6.07, 6.45) is 0. The van der Waals surface area contributed by atoms with Gasteiger partial charge >= 0.3 is 0 Å². The van der Waals surface area contributed by atoms with E-state index in [1.54, 1.807) is 18.2 Å². The van der Waals surface area contributed by atoms with Gasteiger partial charge in [-0.2, -0.15) is 0 Å². The average molecular weight is 328 g/mol. The summed E-state index contributed by atoms with van der Waals surface area (Å²) in [5.41, 5.74) is -0.0355. The first kappa shape index (κ1) is 13.6. The number of fused-ring (bicyclic) bond motifs is 4. The van der Waals surface area contributed by atoms with E-state index in [4.69, 9.17) is 11.6 Å². The van der Waals surface area contributed by atoms with Crippen LogP contribution in [0.15, 0.2) is 41.2 Å². The zero-order valence-electron chi connectivity index (χ0n) is 11.3. The first-order chi connectivity index (χ1) is 11.0. The molecule has 0 saturated carbocycles. The van der Waals surface area contributed by atoms with Crippen LogP contribution in [0.1, 0.15) is 16.2 Å². The van der Waals surface area contributed by atoms with Crippen molar-refractivity contribution in [3.05, 3.63) is 73.3 Å². The highest BCUT2D eigenvalue weighted by molar-refractivity contribution is 6.35. The van der Waals surface area contributed by atoms with E-state index in [0.717, 1.165) is 10.6 Å². The Hall–Kier alpha value is -3.06. The summed E-state index contributed by atoms with van der Waals surface area (Å²) in [5, 5.41) is 11.3. The van der Waals surface area contributed by atoms with Crippen molar-refractivity contribution in [2.24, 2.45) is 0 Å². The molecule has 0 spiro atoms. The first-order valence-electron chi connectivity index (χ1n) is 6.54. The van der Waals surface area contributed by atoms with Crippen LogP contribution < -0.4 is 5.56 Å². The summed E-state index contributed by atoms with van der Waals surface area (Å²) in [6, 6.07) is 8.54. The fraction of sp³-hybridized carbons (Fsp3) is 0. The Kier molecular flexibility index (Phi) is 2.64. The number of benzene rings is 2. The van der Waals surface area contributed by atoms with Gasteiger partial charge < -0.3 is 0 Å². The van der Waals surface area contributed by atoms with E-state index in [-0.39, 0.29) is 33.2 Å². The van der Waals surface area contributed by atoms with Crippen LogP contribution in [0.3, 0.4) is 0 Å². The lowest BCUT2D eigenvalue weighted by Gasteiger charge is -2.06. The molecule has 3 aromatic rings. The smallest absolute Gasteiger partial charge is 0.270 e. The van der Waals surface area contributed by atoms with E-state index in [1.165, 1.54) is 12.1 Å². The number of hydrogen-bond donors (Lipinski definition) is 0. The number of carbonyl (C=O) groups is 1. The highest BCUT2D eigenvalue weighted by Crippen LogP contribution is 2.30. The van der Waals surface area contributed by atoms with Crippen molar-refractivity contribution in [1.29, 1.82) is 0 Å². The summed E-state index contributed by atoms with van der Waals surface area (Å²) in [4.78, 5) is 39.7. The van der Waals surface area contributed by atoms with Crippen molar-refractivity contribution in [2.45, 2.75) is 0 Å². The van der Waals surface area contributed by atoms with Crippen molar-refractivity contribution in [2.75, 3.05) is 0 Å². The molecule has 23 heavy (non-hydrogen) atoms. The Morgan fingerprint density at radius 3 is 2.70 bits per heavy atom. The van der Waals surface area contributed by atoms with Crippen LogP contribution in [0, 0.1) is 10.1 Å². The van der Waals surface area contributed by atoms with E-state index < -0.39 is 16.3 Å². The predicted octanol–water partition coefficient (Wildman–Crippen LogP) is 2.49. The van der Waals surface area contributed by atoms with Gasteiger partial charge in [-0.1, -0.05) is 17.7 Å². The lowest BCUT2D eigenvalue weighted by molar-refractivity contribution is -0.384. The molecule has 0 saturated heterocycles. The molecule has 1 aliphatic rings. The molecule has 0 aliphatic carbocycles. The molecule has 1 aromatic heterocycles. The molecular weight excluding hydrogens is 322 g/mol. The van der Waals surface area contributed by atoms with Gasteiger partial charge in [0, 0.05) is 12.1 Å². The molecule has 0 atom stereocenters. The quantitative estimate of drug-likeness (QED) is 0.395. The summed E-state index contributed by atoms with van der Waals surface area (Å²) in [6.45, 7) is 0.